The fraction of sp³-hybridized carbons (Fsp3) is 0.385. The second-order valence-electron chi connectivity index (χ2n) is 8.70. The van der Waals surface area contributed by atoms with Crippen LogP contribution in [-0.2, 0) is 0 Å². The zero-order chi connectivity index (χ0) is 23.5. The maximum absolute atomic E-state index is 13.8. The second-order valence-corrected chi connectivity index (χ2v) is 8.70. The van der Waals surface area contributed by atoms with Crippen molar-refractivity contribution in [3.8, 4) is 17.6 Å². The molecule has 0 amide bonds. The number of hydrogen-bond donors (Lipinski definition) is 1. The van der Waals surface area contributed by atoms with Crippen LogP contribution in [0.25, 0.3) is 10.9 Å². The van der Waals surface area contributed by atoms with E-state index < -0.39 is 11.6 Å². The van der Waals surface area contributed by atoms with Crippen LogP contribution in [0, 0.1) is 23.5 Å². The molecule has 0 unspecified atom stereocenters. The molecule has 3 heterocycles. The largest absolute Gasteiger partial charge is 0.495 e. The number of fused-ring (bicyclic) bond motifs is 1. The Bertz CT molecular complexity index is 1240. The van der Waals surface area contributed by atoms with E-state index >= 15 is 0 Å². The highest BCUT2D eigenvalue weighted by Crippen LogP contribution is 2.33. The molecular formula is C26H27F2N5O. The van der Waals surface area contributed by atoms with Crippen LogP contribution in [0.2, 0.25) is 0 Å². The number of likely N-dealkylation sites (tertiary alicyclic amines) is 1. The Kier molecular flexibility index (Phi) is 6.45. The molecule has 2 fully saturated rings. The average molecular weight is 464 g/mol. The summed E-state index contributed by atoms with van der Waals surface area (Å²) in [5.41, 5.74) is 1.73. The number of nitrogens with zero attached hydrogens (tertiary/aromatic N) is 4. The summed E-state index contributed by atoms with van der Waals surface area (Å²) in [5.74, 6) is 6.85. The minimum Gasteiger partial charge on any atom is -0.495 e. The molecule has 0 atom stereocenters. The number of rotatable bonds is 5. The summed E-state index contributed by atoms with van der Waals surface area (Å²) in [6.45, 7) is 4.65. The van der Waals surface area contributed by atoms with E-state index in [-0.39, 0.29) is 5.69 Å². The monoisotopic (exact) mass is 463 g/mol. The van der Waals surface area contributed by atoms with Gasteiger partial charge in [-0.25, -0.2) is 13.8 Å². The molecule has 1 aromatic heterocycles. The summed E-state index contributed by atoms with van der Waals surface area (Å²) < 4.78 is 33.2. The number of aromatic nitrogens is 2. The van der Waals surface area contributed by atoms with Gasteiger partial charge in [-0.3, -0.25) is 4.90 Å². The molecule has 0 saturated carbocycles. The zero-order valence-corrected chi connectivity index (χ0v) is 19.2. The molecule has 34 heavy (non-hydrogen) atoms. The smallest absolute Gasteiger partial charge is 0.227 e. The van der Waals surface area contributed by atoms with Crippen LogP contribution in [0.3, 0.4) is 0 Å². The van der Waals surface area contributed by atoms with E-state index in [1.165, 1.54) is 25.0 Å². The Morgan fingerprint density at radius 2 is 1.65 bits per heavy atom. The average Bonchev–Trinajstić information content (AvgIpc) is 3.52. The van der Waals surface area contributed by atoms with E-state index in [0.717, 1.165) is 57.2 Å². The Hall–Kier alpha value is -3.44. The number of hydrogen-bond acceptors (Lipinski definition) is 6. The third-order valence-corrected chi connectivity index (χ3v) is 6.24. The first kappa shape index (κ1) is 22.4. The number of ether oxygens (including phenoxy) is 1. The molecule has 176 valence electrons. The van der Waals surface area contributed by atoms with Crippen molar-refractivity contribution in [2.75, 3.05) is 50.1 Å². The van der Waals surface area contributed by atoms with Crippen LogP contribution < -0.4 is 15.0 Å². The molecular weight excluding hydrogens is 436 g/mol. The highest BCUT2D eigenvalue weighted by atomic mass is 19.1. The maximum Gasteiger partial charge on any atom is 0.227 e. The van der Waals surface area contributed by atoms with E-state index in [2.05, 4.69) is 27.0 Å². The SMILES string of the molecule is COc1cc2c(Nc3cc(F)cc(F)c3)nc(N3CCCC3)nc2cc1C#CCN1CCCC1. The van der Waals surface area contributed by atoms with Crippen molar-refractivity contribution in [3.63, 3.8) is 0 Å². The van der Waals surface area contributed by atoms with Gasteiger partial charge >= 0.3 is 0 Å². The normalized spacial score (nSPS) is 16.0. The highest BCUT2D eigenvalue weighted by molar-refractivity contribution is 5.94. The minimum atomic E-state index is -0.659. The van der Waals surface area contributed by atoms with Crippen LogP contribution in [0.1, 0.15) is 31.2 Å². The van der Waals surface area contributed by atoms with Crippen molar-refractivity contribution < 1.29 is 13.5 Å². The van der Waals surface area contributed by atoms with Crippen LogP contribution in [0.4, 0.5) is 26.2 Å². The molecule has 2 aliphatic rings. The van der Waals surface area contributed by atoms with Crippen LogP contribution in [0.5, 0.6) is 5.75 Å². The molecule has 2 aromatic carbocycles. The number of benzene rings is 2. The molecule has 0 radical (unpaired) electrons. The minimum absolute atomic E-state index is 0.276. The number of nitrogens with one attached hydrogen (secondary N) is 1. The van der Waals surface area contributed by atoms with Crippen molar-refractivity contribution in [2.24, 2.45) is 0 Å². The van der Waals surface area contributed by atoms with Crippen molar-refractivity contribution in [1.82, 2.24) is 14.9 Å². The lowest BCUT2D eigenvalue weighted by Gasteiger charge is -2.18. The summed E-state index contributed by atoms with van der Waals surface area (Å²) in [4.78, 5) is 14.0. The van der Waals surface area contributed by atoms with Gasteiger partial charge in [0.25, 0.3) is 0 Å². The van der Waals surface area contributed by atoms with Crippen molar-refractivity contribution in [1.29, 1.82) is 0 Å². The first-order valence-corrected chi connectivity index (χ1v) is 11.7. The molecule has 6 nitrogen and oxygen atoms in total. The van der Waals surface area contributed by atoms with Crippen LogP contribution in [0.15, 0.2) is 30.3 Å². The maximum atomic E-state index is 13.8. The predicted molar refractivity (Wildman–Crippen MR) is 130 cm³/mol. The van der Waals surface area contributed by atoms with Crippen molar-refractivity contribution in [3.05, 3.63) is 47.5 Å². The molecule has 0 spiro atoms. The Labute approximate surface area is 197 Å². The number of methoxy groups -OCH3 is 1. The molecule has 1 N–H and O–H groups in total. The molecule has 5 rings (SSSR count). The predicted octanol–water partition coefficient (Wildman–Crippen LogP) is 4.71. The fourth-order valence-corrected chi connectivity index (χ4v) is 4.51. The third-order valence-electron chi connectivity index (χ3n) is 6.24. The van der Waals surface area contributed by atoms with Gasteiger partial charge in [-0.2, -0.15) is 4.98 Å². The zero-order valence-electron chi connectivity index (χ0n) is 19.2. The van der Waals surface area contributed by atoms with Gasteiger partial charge < -0.3 is 15.0 Å². The summed E-state index contributed by atoms with van der Waals surface area (Å²) in [6, 6.07) is 7.06. The molecule has 0 aliphatic carbocycles. The molecule has 3 aromatic rings. The first-order chi connectivity index (χ1) is 16.6. The van der Waals surface area contributed by atoms with E-state index in [9.17, 15) is 8.78 Å². The van der Waals surface area contributed by atoms with Gasteiger partial charge in [0.1, 0.15) is 23.2 Å². The summed E-state index contributed by atoms with van der Waals surface area (Å²) in [5, 5.41) is 3.78. The van der Waals surface area contributed by atoms with Gasteiger partial charge in [-0.15, -0.1) is 0 Å². The van der Waals surface area contributed by atoms with Gasteiger partial charge in [-0.05, 0) is 63.0 Å². The van der Waals surface area contributed by atoms with E-state index in [1.54, 1.807) is 7.11 Å². The molecule has 2 saturated heterocycles. The van der Waals surface area contributed by atoms with E-state index in [1.807, 2.05) is 12.1 Å². The molecule has 0 bridgehead atoms. The fourth-order valence-electron chi connectivity index (χ4n) is 4.51. The third kappa shape index (κ3) is 4.90. The summed E-state index contributed by atoms with van der Waals surface area (Å²) >= 11 is 0. The van der Waals surface area contributed by atoms with Gasteiger partial charge in [0.15, 0.2) is 0 Å². The number of halogens is 2. The van der Waals surface area contributed by atoms with E-state index in [4.69, 9.17) is 14.7 Å². The lowest BCUT2D eigenvalue weighted by molar-refractivity contribution is 0.383. The molecule has 2 aliphatic heterocycles. The van der Waals surface area contributed by atoms with Gasteiger partial charge in [-0.1, -0.05) is 11.8 Å². The standard InChI is InChI=1S/C26H27F2N5O/c1-34-24-17-22-23(13-18(24)7-6-10-32-8-2-3-9-32)30-26(33-11-4-5-12-33)31-25(22)29-21-15-19(27)14-20(28)16-21/h13-17H,2-5,8-12H2,1H3,(H,29,30,31). The van der Waals surface area contributed by atoms with Gasteiger partial charge in [0.05, 0.1) is 24.7 Å². The number of anilines is 3. The van der Waals surface area contributed by atoms with Crippen LogP contribution >= 0.6 is 0 Å². The molecule has 8 heteroatoms. The quantitative estimate of drug-likeness (QED) is 0.554. The topological polar surface area (TPSA) is 53.5 Å². The Morgan fingerprint density at radius 3 is 2.35 bits per heavy atom. The first-order valence-electron chi connectivity index (χ1n) is 11.7. The van der Waals surface area contributed by atoms with E-state index in [0.29, 0.717) is 28.4 Å². The van der Waals surface area contributed by atoms with Crippen molar-refractivity contribution in [2.45, 2.75) is 25.7 Å². The summed E-state index contributed by atoms with van der Waals surface area (Å²) in [7, 11) is 1.60. The van der Waals surface area contributed by atoms with Crippen molar-refractivity contribution >= 4 is 28.4 Å². The lowest BCUT2D eigenvalue weighted by Crippen LogP contribution is -2.21. The van der Waals surface area contributed by atoms with Crippen LogP contribution in [-0.4, -0.2) is 54.7 Å². The lowest BCUT2D eigenvalue weighted by atomic mass is 10.1. The summed E-state index contributed by atoms with van der Waals surface area (Å²) in [6.07, 6.45) is 4.61. The Morgan fingerprint density at radius 1 is 0.941 bits per heavy atom. The van der Waals surface area contributed by atoms with Gasteiger partial charge in [0.2, 0.25) is 5.95 Å². The van der Waals surface area contributed by atoms with Gasteiger partial charge in [0, 0.05) is 30.2 Å². The highest BCUT2D eigenvalue weighted by Gasteiger charge is 2.19. The second kappa shape index (κ2) is 9.82. The Balaban J connectivity index is 1.57.